The van der Waals surface area contributed by atoms with Gasteiger partial charge in [0.05, 0.1) is 25.5 Å². The van der Waals surface area contributed by atoms with E-state index < -0.39 is 6.10 Å². The normalized spacial score (nSPS) is 13.2. The number of rotatable bonds is 5. The molecule has 0 saturated carbocycles. The Balaban J connectivity index is 2.20. The first kappa shape index (κ1) is 10.2. The van der Waals surface area contributed by atoms with Crippen LogP contribution in [-0.2, 0) is 6.54 Å². The topological polar surface area (TPSA) is 78.5 Å². The quantitative estimate of drug-likeness (QED) is 0.573. The minimum Gasteiger partial charge on any atom is -0.445 e. The van der Waals surface area contributed by atoms with Crippen molar-refractivity contribution in [3.05, 3.63) is 17.8 Å². The summed E-state index contributed by atoms with van der Waals surface area (Å²) in [5, 5.41) is 20.4. The summed E-state index contributed by atoms with van der Waals surface area (Å²) in [6.07, 6.45) is 0.913. The first-order chi connectivity index (χ1) is 6.22. The molecule has 0 spiro atoms. The van der Waals surface area contributed by atoms with Crippen LogP contribution in [0.2, 0.25) is 0 Å². The van der Waals surface area contributed by atoms with Gasteiger partial charge in [-0.25, -0.2) is 4.98 Å². The van der Waals surface area contributed by atoms with Crippen molar-refractivity contribution in [1.82, 2.24) is 10.3 Å². The number of hydrogen-bond acceptors (Lipinski definition) is 5. The zero-order valence-corrected chi connectivity index (χ0v) is 7.53. The molecular weight excluding hydrogens is 172 g/mol. The van der Waals surface area contributed by atoms with Gasteiger partial charge in [-0.2, -0.15) is 0 Å². The summed E-state index contributed by atoms with van der Waals surface area (Å²) in [6, 6.07) is 0. The SMILES string of the molecule is Cc1cnc(CNCC(O)CO)o1. The molecule has 0 aliphatic carbocycles. The first-order valence-corrected chi connectivity index (χ1v) is 4.13. The van der Waals surface area contributed by atoms with Gasteiger partial charge in [0.15, 0.2) is 0 Å². The van der Waals surface area contributed by atoms with Gasteiger partial charge in [0, 0.05) is 6.54 Å². The molecule has 0 aliphatic rings. The molecule has 0 saturated heterocycles. The van der Waals surface area contributed by atoms with E-state index in [1.165, 1.54) is 0 Å². The molecule has 5 heteroatoms. The number of nitrogens with zero attached hydrogens (tertiary/aromatic N) is 1. The Morgan fingerprint density at radius 1 is 1.69 bits per heavy atom. The van der Waals surface area contributed by atoms with Crippen LogP contribution in [0, 0.1) is 6.92 Å². The van der Waals surface area contributed by atoms with E-state index >= 15 is 0 Å². The van der Waals surface area contributed by atoms with E-state index in [4.69, 9.17) is 14.6 Å². The lowest BCUT2D eigenvalue weighted by Crippen LogP contribution is -2.28. The lowest BCUT2D eigenvalue weighted by atomic mass is 10.4. The van der Waals surface area contributed by atoms with Gasteiger partial charge in [0.25, 0.3) is 0 Å². The van der Waals surface area contributed by atoms with Crippen molar-refractivity contribution >= 4 is 0 Å². The van der Waals surface area contributed by atoms with Crippen LogP contribution in [0.3, 0.4) is 0 Å². The summed E-state index contributed by atoms with van der Waals surface area (Å²) < 4.78 is 5.18. The molecular formula is C8H14N2O3. The molecule has 0 fully saturated rings. The van der Waals surface area contributed by atoms with E-state index in [0.717, 1.165) is 5.76 Å². The maximum atomic E-state index is 8.98. The molecule has 0 amide bonds. The van der Waals surface area contributed by atoms with Crippen molar-refractivity contribution in [3.63, 3.8) is 0 Å². The fourth-order valence-corrected chi connectivity index (χ4v) is 0.893. The van der Waals surface area contributed by atoms with Crippen molar-refractivity contribution in [3.8, 4) is 0 Å². The Morgan fingerprint density at radius 2 is 2.46 bits per heavy atom. The van der Waals surface area contributed by atoms with Crippen LogP contribution >= 0.6 is 0 Å². The zero-order valence-electron chi connectivity index (χ0n) is 7.53. The maximum Gasteiger partial charge on any atom is 0.208 e. The largest absolute Gasteiger partial charge is 0.445 e. The summed E-state index contributed by atoms with van der Waals surface area (Å²) in [5.41, 5.74) is 0. The van der Waals surface area contributed by atoms with E-state index in [2.05, 4.69) is 10.3 Å². The second-order valence-corrected chi connectivity index (χ2v) is 2.83. The van der Waals surface area contributed by atoms with Gasteiger partial charge in [0.1, 0.15) is 5.76 Å². The Morgan fingerprint density at radius 3 is 3.00 bits per heavy atom. The van der Waals surface area contributed by atoms with E-state index in [1.807, 2.05) is 6.92 Å². The van der Waals surface area contributed by atoms with Gasteiger partial charge >= 0.3 is 0 Å². The second-order valence-electron chi connectivity index (χ2n) is 2.83. The highest BCUT2D eigenvalue weighted by molar-refractivity contribution is 4.90. The lowest BCUT2D eigenvalue weighted by molar-refractivity contribution is 0.0937. The molecule has 74 valence electrons. The lowest BCUT2D eigenvalue weighted by Gasteiger charge is -2.06. The molecule has 1 unspecified atom stereocenters. The van der Waals surface area contributed by atoms with Gasteiger partial charge in [-0.3, -0.25) is 0 Å². The number of nitrogens with one attached hydrogen (secondary N) is 1. The standard InChI is InChI=1S/C8H14N2O3/c1-6-2-10-8(13-6)4-9-3-7(12)5-11/h2,7,9,11-12H,3-5H2,1H3. The first-order valence-electron chi connectivity index (χ1n) is 4.13. The zero-order chi connectivity index (χ0) is 9.68. The van der Waals surface area contributed by atoms with Crippen LogP contribution in [0.25, 0.3) is 0 Å². The highest BCUT2D eigenvalue weighted by Gasteiger charge is 2.03. The van der Waals surface area contributed by atoms with E-state index in [0.29, 0.717) is 19.0 Å². The molecule has 1 atom stereocenters. The summed E-state index contributed by atoms with van der Waals surface area (Å²) in [6.45, 7) is 2.37. The Hall–Kier alpha value is -0.910. The molecule has 5 nitrogen and oxygen atoms in total. The predicted octanol–water partition coefficient (Wildman–Crippen LogP) is -0.574. The highest BCUT2D eigenvalue weighted by Crippen LogP contribution is 2.00. The smallest absolute Gasteiger partial charge is 0.208 e. The van der Waals surface area contributed by atoms with Crippen molar-refractivity contribution < 1.29 is 14.6 Å². The average molecular weight is 186 g/mol. The van der Waals surface area contributed by atoms with E-state index in [-0.39, 0.29) is 6.61 Å². The second kappa shape index (κ2) is 4.96. The summed E-state index contributed by atoms with van der Waals surface area (Å²) >= 11 is 0. The fourth-order valence-electron chi connectivity index (χ4n) is 0.893. The maximum absolute atomic E-state index is 8.98. The monoisotopic (exact) mass is 186 g/mol. The van der Waals surface area contributed by atoms with Gasteiger partial charge in [-0.1, -0.05) is 0 Å². The summed E-state index contributed by atoms with van der Waals surface area (Å²) in [7, 11) is 0. The molecule has 0 bridgehead atoms. The van der Waals surface area contributed by atoms with Gasteiger partial charge < -0.3 is 19.9 Å². The Bertz CT molecular complexity index is 249. The molecule has 0 aliphatic heterocycles. The third kappa shape index (κ3) is 3.54. The number of hydrogen-bond donors (Lipinski definition) is 3. The molecule has 0 radical (unpaired) electrons. The predicted molar refractivity (Wildman–Crippen MR) is 46.0 cm³/mol. The van der Waals surface area contributed by atoms with E-state index in [9.17, 15) is 0 Å². The Kier molecular flexibility index (Phi) is 3.88. The minimum absolute atomic E-state index is 0.238. The van der Waals surface area contributed by atoms with Crippen molar-refractivity contribution in [2.45, 2.75) is 19.6 Å². The molecule has 1 rings (SSSR count). The molecule has 3 N–H and O–H groups in total. The molecule has 1 aromatic heterocycles. The number of aliphatic hydroxyl groups is 2. The van der Waals surface area contributed by atoms with Crippen molar-refractivity contribution in [2.24, 2.45) is 0 Å². The summed E-state index contributed by atoms with van der Waals surface area (Å²) in [4.78, 5) is 3.97. The third-order valence-corrected chi connectivity index (χ3v) is 1.54. The number of aliphatic hydroxyl groups excluding tert-OH is 2. The van der Waals surface area contributed by atoms with Crippen molar-refractivity contribution in [2.75, 3.05) is 13.2 Å². The van der Waals surface area contributed by atoms with Crippen LogP contribution in [0.4, 0.5) is 0 Å². The Labute approximate surface area is 76.4 Å². The number of aromatic nitrogens is 1. The van der Waals surface area contributed by atoms with Gasteiger partial charge in [-0.15, -0.1) is 0 Å². The van der Waals surface area contributed by atoms with Crippen LogP contribution in [0.5, 0.6) is 0 Å². The molecule has 1 aromatic rings. The van der Waals surface area contributed by atoms with E-state index in [1.54, 1.807) is 6.20 Å². The average Bonchev–Trinajstić information content (AvgIpc) is 2.51. The van der Waals surface area contributed by atoms with Crippen LogP contribution in [-0.4, -0.2) is 34.5 Å². The van der Waals surface area contributed by atoms with Crippen LogP contribution < -0.4 is 5.32 Å². The fraction of sp³-hybridized carbons (Fsp3) is 0.625. The van der Waals surface area contributed by atoms with Gasteiger partial charge in [-0.05, 0) is 6.92 Å². The number of aryl methyl sites for hydroxylation is 1. The summed E-state index contributed by atoms with van der Waals surface area (Å²) in [5.74, 6) is 1.35. The third-order valence-electron chi connectivity index (χ3n) is 1.54. The van der Waals surface area contributed by atoms with Gasteiger partial charge in [0.2, 0.25) is 5.89 Å². The molecule has 1 heterocycles. The molecule has 0 aromatic carbocycles. The minimum atomic E-state index is -0.726. The van der Waals surface area contributed by atoms with Crippen LogP contribution in [0.15, 0.2) is 10.6 Å². The highest BCUT2D eigenvalue weighted by atomic mass is 16.4. The van der Waals surface area contributed by atoms with Crippen molar-refractivity contribution in [1.29, 1.82) is 0 Å². The van der Waals surface area contributed by atoms with Crippen LogP contribution in [0.1, 0.15) is 11.7 Å². The molecule has 13 heavy (non-hydrogen) atoms. The number of oxazole rings is 1.